The van der Waals surface area contributed by atoms with Gasteiger partial charge >= 0.3 is 5.97 Å². The topological polar surface area (TPSA) is 63.0 Å². The molecule has 0 amide bonds. The Balaban J connectivity index is 2.94. The number of ether oxygens (including phenoxy) is 1. The zero-order chi connectivity index (χ0) is 12.8. The number of aromatic nitrogens is 1. The number of pyridine rings is 1. The van der Waals surface area contributed by atoms with E-state index in [9.17, 15) is 13.6 Å². The first-order valence-corrected chi connectivity index (χ1v) is 4.92. The molecule has 4 nitrogen and oxygen atoms in total. The molecule has 0 saturated heterocycles. The van der Waals surface area contributed by atoms with Crippen LogP contribution in [0.4, 0.5) is 8.78 Å². The number of hydrogen-bond donors (Lipinski definition) is 0. The summed E-state index contributed by atoms with van der Waals surface area (Å²) in [4.78, 5) is 14.7. The quantitative estimate of drug-likeness (QED) is 0.755. The standard InChI is InChI=1S/C11H10F2N2O2/c1-2-17-10(16)5-7-3-4-8(11(12)13)15-9(7)6-14/h3-4,11H,2,5H2,1H3. The first-order chi connectivity index (χ1) is 8.08. The molecular formula is C11H10F2N2O2. The van der Waals surface area contributed by atoms with E-state index < -0.39 is 18.1 Å². The van der Waals surface area contributed by atoms with E-state index in [0.29, 0.717) is 0 Å². The van der Waals surface area contributed by atoms with Gasteiger partial charge in [0.15, 0.2) is 0 Å². The van der Waals surface area contributed by atoms with Crippen molar-refractivity contribution in [2.45, 2.75) is 19.8 Å². The molecule has 0 aliphatic heterocycles. The Morgan fingerprint density at radius 1 is 1.59 bits per heavy atom. The van der Waals surface area contributed by atoms with Gasteiger partial charge in [0.25, 0.3) is 6.43 Å². The van der Waals surface area contributed by atoms with Crippen molar-refractivity contribution in [2.75, 3.05) is 6.61 Å². The highest BCUT2D eigenvalue weighted by atomic mass is 19.3. The van der Waals surface area contributed by atoms with Crippen LogP contribution in [0.1, 0.15) is 30.3 Å². The first kappa shape index (κ1) is 13.0. The molecule has 0 bridgehead atoms. The predicted molar refractivity (Wildman–Crippen MR) is 54.2 cm³/mol. The van der Waals surface area contributed by atoms with Crippen molar-refractivity contribution in [3.05, 3.63) is 29.1 Å². The summed E-state index contributed by atoms with van der Waals surface area (Å²) >= 11 is 0. The molecule has 1 rings (SSSR count). The lowest BCUT2D eigenvalue weighted by Crippen LogP contribution is -2.10. The fourth-order valence-corrected chi connectivity index (χ4v) is 1.23. The summed E-state index contributed by atoms with van der Waals surface area (Å²) in [7, 11) is 0. The average molecular weight is 240 g/mol. The lowest BCUT2D eigenvalue weighted by molar-refractivity contribution is -0.142. The van der Waals surface area contributed by atoms with Crippen LogP contribution in [-0.2, 0) is 16.0 Å². The van der Waals surface area contributed by atoms with Gasteiger partial charge in [-0.15, -0.1) is 0 Å². The summed E-state index contributed by atoms with van der Waals surface area (Å²) in [5.74, 6) is -0.518. The first-order valence-electron chi connectivity index (χ1n) is 4.92. The molecule has 90 valence electrons. The van der Waals surface area contributed by atoms with Gasteiger partial charge in [-0.1, -0.05) is 6.07 Å². The minimum Gasteiger partial charge on any atom is -0.466 e. The second-order valence-electron chi connectivity index (χ2n) is 3.14. The van der Waals surface area contributed by atoms with Crippen molar-refractivity contribution in [1.29, 1.82) is 5.26 Å². The molecule has 0 radical (unpaired) electrons. The maximum absolute atomic E-state index is 12.3. The molecule has 0 fully saturated rings. The van der Waals surface area contributed by atoms with Crippen LogP contribution >= 0.6 is 0 Å². The molecule has 1 heterocycles. The average Bonchev–Trinajstić information content (AvgIpc) is 2.29. The van der Waals surface area contributed by atoms with E-state index in [4.69, 9.17) is 10.00 Å². The van der Waals surface area contributed by atoms with Crippen LogP contribution in [0.5, 0.6) is 0 Å². The number of hydrogen-bond acceptors (Lipinski definition) is 4. The van der Waals surface area contributed by atoms with Crippen LogP contribution < -0.4 is 0 Å². The van der Waals surface area contributed by atoms with Crippen molar-refractivity contribution in [3.63, 3.8) is 0 Å². The summed E-state index contributed by atoms with van der Waals surface area (Å²) < 4.78 is 29.4. The SMILES string of the molecule is CCOC(=O)Cc1ccc(C(F)F)nc1C#N. The van der Waals surface area contributed by atoms with Crippen molar-refractivity contribution in [3.8, 4) is 6.07 Å². The summed E-state index contributed by atoms with van der Waals surface area (Å²) in [5.41, 5.74) is -0.361. The Labute approximate surface area is 96.8 Å². The molecule has 0 saturated carbocycles. The summed E-state index contributed by atoms with van der Waals surface area (Å²) in [6.07, 6.45) is -2.88. The summed E-state index contributed by atoms with van der Waals surface area (Å²) in [6.45, 7) is 1.88. The number of halogens is 2. The van der Waals surface area contributed by atoms with E-state index in [2.05, 4.69) is 4.98 Å². The zero-order valence-corrected chi connectivity index (χ0v) is 9.11. The van der Waals surface area contributed by atoms with Gasteiger partial charge in [-0.25, -0.2) is 13.8 Å². The molecular weight excluding hydrogens is 230 g/mol. The van der Waals surface area contributed by atoms with Crippen LogP contribution in [0.25, 0.3) is 0 Å². The highest BCUT2D eigenvalue weighted by molar-refractivity contribution is 5.73. The molecule has 0 aliphatic carbocycles. The third-order valence-corrected chi connectivity index (χ3v) is 1.97. The Bertz CT molecular complexity index is 455. The van der Waals surface area contributed by atoms with Crippen LogP contribution in [0.2, 0.25) is 0 Å². The van der Waals surface area contributed by atoms with E-state index in [1.807, 2.05) is 0 Å². The van der Waals surface area contributed by atoms with E-state index in [0.717, 1.165) is 6.07 Å². The molecule has 0 unspecified atom stereocenters. The van der Waals surface area contributed by atoms with Gasteiger partial charge in [0, 0.05) is 0 Å². The van der Waals surface area contributed by atoms with Gasteiger partial charge in [-0.3, -0.25) is 4.79 Å². The summed E-state index contributed by atoms with van der Waals surface area (Å²) in [5, 5.41) is 8.76. The number of alkyl halides is 2. The largest absolute Gasteiger partial charge is 0.466 e. The van der Waals surface area contributed by atoms with Crippen LogP contribution in [-0.4, -0.2) is 17.6 Å². The van der Waals surface area contributed by atoms with Crippen molar-refractivity contribution < 1.29 is 18.3 Å². The molecule has 17 heavy (non-hydrogen) atoms. The fourth-order valence-electron chi connectivity index (χ4n) is 1.23. The third kappa shape index (κ3) is 3.48. The number of esters is 1. The van der Waals surface area contributed by atoms with Gasteiger partial charge < -0.3 is 4.74 Å². The van der Waals surface area contributed by atoms with Gasteiger partial charge in [0.1, 0.15) is 17.5 Å². The smallest absolute Gasteiger partial charge is 0.310 e. The molecule has 0 atom stereocenters. The maximum atomic E-state index is 12.3. The van der Waals surface area contributed by atoms with Gasteiger partial charge in [0.05, 0.1) is 13.0 Å². The van der Waals surface area contributed by atoms with E-state index in [1.54, 1.807) is 13.0 Å². The van der Waals surface area contributed by atoms with Gasteiger partial charge in [-0.2, -0.15) is 5.26 Å². The van der Waals surface area contributed by atoms with Gasteiger partial charge in [0.2, 0.25) is 0 Å². The Hall–Kier alpha value is -2.03. The molecule has 0 spiro atoms. The second-order valence-corrected chi connectivity index (χ2v) is 3.14. The number of nitrogens with zero attached hydrogens (tertiary/aromatic N) is 2. The van der Waals surface area contributed by atoms with Crippen molar-refractivity contribution >= 4 is 5.97 Å². The maximum Gasteiger partial charge on any atom is 0.310 e. The fraction of sp³-hybridized carbons (Fsp3) is 0.364. The number of rotatable bonds is 4. The Kier molecular flexibility index (Phi) is 4.52. The zero-order valence-electron chi connectivity index (χ0n) is 9.11. The second kappa shape index (κ2) is 5.89. The van der Waals surface area contributed by atoms with Crippen LogP contribution in [0, 0.1) is 11.3 Å². The minimum absolute atomic E-state index is 0.146. The number of nitriles is 1. The number of carbonyl (C=O) groups is 1. The predicted octanol–water partition coefficient (Wildman–Crippen LogP) is 2.00. The Morgan fingerprint density at radius 2 is 2.29 bits per heavy atom. The lowest BCUT2D eigenvalue weighted by Gasteiger charge is -2.05. The van der Waals surface area contributed by atoms with E-state index in [1.165, 1.54) is 6.07 Å². The van der Waals surface area contributed by atoms with E-state index >= 15 is 0 Å². The van der Waals surface area contributed by atoms with Crippen molar-refractivity contribution in [1.82, 2.24) is 4.98 Å². The van der Waals surface area contributed by atoms with E-state index in [-0.39, 0.29) is 24.3 Å². The highest BCUT2D eigenvalue weighted by Crippen LogP contribution is 2.18. The van der Waals surface area contributed by atoms with Crippen molar-refractivity contribution in [2.24, 2.45) is 0 Å². The third-order valence-electron chi connectivity index (χ3n) is 1.97. The van der Waals surface area contributed by atoms with Gasteiger partial charge in [-0.05, 0) is 18.6 Å². The molecule has 0 N–H and O–H groups in total. The normalized spacial score (nSPS) is 10.1. The van der Waals surface area contributed by atoms with Crippen LogP contribution in [0.3, 0.4) is 0 Å². The molecule has 6 heteroatoms. The summed E-state index contributed by atoms with van der Waals surface area (Å²) in [6, 6.07) is 4.08. The Morgan fingerprint density at radius 3 is 2.82 bits per heavy atom. The molecule has 0 aliphatic rings. The highest BCUT2D eigenvalue weighted by Gasteiger charge is 2.14. The molecule has 1 aromatic rings. The van der Waals surface area contributed by atoms with Crippen LogP contribution in [0.15, 0.2) is 12.1 Å². The minimum atomic E-state index is -2.74. The number of carbonyl (C=O) groups excluding carboxylic acids is 1. The molecule has 0 aromatic carbocycles. The molecule has 1 aromatic heterocycles. The monoisotopic (exact) mass is 240 g/mol. The lowest BCUT2D eigenvalue weighted by atomic mass is 10.1.